The Morgan fingerprint density at radius 2 is 1.92 bits per heavy atom. The Morgan fingerprint density at radius 1 is 1.25 bits per heavy atom. The molecule has 0 aromatic heterocycles. The quantitative estimate of drug-likeness (QED) is 0.878. The van der Waals surface area contributed by atoms with E-state index in [1.807, 2.05) is 0 Å². The van der Waals surface area contributed by atoms with E-state index in [0.29, 0.717) is 12.2 Å². The molecule has 2 rings (SSSR count). The van der Waals surface area contributed by atoms with Gasteiger partial charge in [-0.05, 0) is 17.7 Å². The van der Waals surface area contributed by atoms with E-state index in [4.69, 9.17) is 14.6 Å². The van der Waals surface area contributed by atoms with E-state index in [1.54, 1.807) is 0 Å². The predicted molar refractivity (Wildman–Crippen MR) is 75.2 cm³/mol. The Bertz CT molecular complexity index is 588. The van der Waals surface area contributed by atoms with Gasteiger partial charge in [-0.15, -0.1) is 0 Å². The zero-order valence-electron chi connectivity index (χ0n) is 12.6. The van der Waals surface area contributed by atoms with Crippen LogP contribution in [-0.2, 0) is 25.2 Å². The molecule has 0 saturated carbocycles. The molecular formula is C15H16F3NO5. The summed E-state index contributed by atoms with van der Waals surface area (Å²) < 4.78 is 47.9. The van der Waals surface area contributed by atoms with Crippen molar-refractivity contribution in [1.29, 1.82) is 0 Å². The van der Waals surface area contributed by atoms with Gasteiger partial charge in [-0.1, -0.05) is 12.1 Å². The molecule has 132 valence electrons. The minimum atomic E-state index is -4.43. The van der Waals surface area contributed by atoms with Crippen LogP contribution in [0.15, 0.2) is 24.3 Å². The first-order valence-corrected chi connectivity index (χ1v) is 7.13. The zero-order valence-corrected chi connectivity index (χ0v) is 12.6. The summed E-state index contributed by atoms with van der Waals surface area (Å²) in [6.45, 7) is -0.316. The van der Waals surface area contributed by atoms with E-state index in [-0.39, 0.29) is 13.2 Å². The zero-order chi connectivity index (χ0) is 17.7. The second kappa shape index (κ2) is 7.63. The molecule has 1 unspecified atom stereocenters. The van der Waals surface area contributed by atoms with E-state index < -0.39 is 42.9 Å². The van der Waals surface area contributed by atoms with Crippen LogP contribution in [0.3, 0.4) is 0 Å². The summed E-state index contributed by atoms with van der Waals surface area (Å²) in [5.74, 6) is -1.63. The van der Waals surface area contributed by atoms with Crippen LogP contribution in [0.25, 0.3) is 0 Å². The molecule has 1 atom stereocenters. The van der Waals surface area contributed by atoms with Crippen molar-refractivity contribution >= 4 is 11.9 Å². The molecule has 6 nitrogen and oxygen atoms in total. The number of carbonyl (C=O) groups excluding carboxylic acids is 1. The molecule has 1 fully saturated rings. The summed E-state index contributed by atoms with van der Waals surface area (Å²) in [4.78, 5) is 24.0. The number of hydrogen-bond donors (Lipinski definition) is 1. The molecule has 1 aromatic carbocycles. The SMILES string of the molecule is O=C(O)COCC(=O)N1CCOCC1c1ccc(C(F)(F)F)cc1. The number of amides is 1. The molecule has 1 N–H and O–H groups in total. The van der Waals surface area contributed by atoms with Crippen molar-refractivity contribution in [1.82, 2.24) is 4.90 Å². The summed E-state index contributed by atoms with van der Waals surface area (Å²) >= 11 is 0. The molecule has 1 saturated heterocycles. The predicted octanol–water partition coefficient (Wildman–Crippen LogP) is 1.71. The highest BCUT2D eigenvalue weighted by molar-refractivity contribution is 5.78. The minimum Gasteiger partial charge on any atom is -0.480 e. The summed E-state index contributed by atoms with van der Waals surface area (Å²) in [6.07, 6.45) is -4.43. The number of carboxylic acids is 1. The maximum Gasteiger partial charge on any atom is 0.416 e. The van der Waals surface area contributed by atoms with E-state index in [1.165, 1.54) is 17.0 Å². The summed E-state index contributed by atoms with van der Waals surface area (Å²) in [7, 11) is 0. The fraction of sp³-hybridized carbons (Fsp3) is 0.467. The van der Waals surface area contributed by atoms with E-state index in [2.05, 4.69) is 0 Å². The molecule has 0 aliphatic carbocycles. The number of aliphatic carboxylic acids is 1. The first-order valence-electron chi connectivity index (χ1n) is 7.13. The van der Waals surface area contributed by atoms with Gasteiger partial charge in [-0.3, -0.25) is 4.79 Å². The van der Waals surface area contributed by atoms with Gasteiger partial charge in [0.25, 0.3) is 0 Å². The van der Waals surface area contributed by atoms with Crippen LogP contribution in [0.1, 0.15) is 17.2 Å². The highest BCUT2D eigenvalue weighted by Crippen LogP contribution is 2.31. The van der Waals surface area contributed by atoms with Gasteiger partial charge in [0.2, 0.25) is 5.91 Å². The molecular weight excluding hydrogens is 331 g/mol. The van der Waals surface area contributed by atoms with Gasteiger partial charge in [0, 0.05) is 6.54 Å². The molecule has 1 aliphatic rings. The van der Waals surface area contributed by atoms with Crippen molar-refractivity contribution in [2.24, 2.45) is 0 Å². The number of carbonyl (C=O) groups is 2. The van der Waals surface area contributed by atoms with Crippen molar-refractivity contribution in [3.05, 3.63) is 35.4 Å². The third-order valence-corrected chi connectivity index (χ3v) is 3.52. The smallest absolute Gasteiger partial charge is 0.416 e. The average Bonchev–Trinajstić information content (AvgIpc) is 2.54. The van der Waals surface area contributed by atoms with Crippen molar-refractivity contribution in [2.75, 3.05) is 33.0 Å². The van der Waals surface area contributed by atoms with Gasteiger partial charge in [0.15, 0.2) is 0 Å². The maximum atomic E-state index is 12.6. The van der Waals surface area contributed by atoms with Gasteiger partial charge >= 0.3 is 12.1 Å². The monoisotopic (exact) mass is 347 g/mol. The Kier molecular flexibility index (Phi) is 5.79. The largest absolute Gasteiger partial charge is 0.480 e. The highest BCUT2D eigenvalue weighted by Gasteiger charge is 2.32. The number of halogens is 3. The number of nitrogens with zero attached hydrogens (tertiary/aromatic N) is 1. The maximum absolute atomic E-state index is 12.6. The summed E-state index contributed by atoms with van der Waals surface area (Å²) in [6, 6.07) is 3.98. The minimum absolute atomic E-state index is 0.149. The lowest BCUT2D eigenvalue weighted by molar-refractivity contribution is -0.150. The van der Waals surface area contributed by atoms with E-state index in [9.17, 15) is 22.8 Å². The number of alkyl halides is 3. The fourth-order valence-corrected chi connectivity index (χ4v) is 2.38. The molecule has 1 aromatic rings. The Morgan fingerprint density at radius 3 is 2.50 bits per heavy atom. The molecule has 0 radical (unpaired) electrons. The lowest BCUT2D eigenvalue weighted by atomic mass is 10.0. The average molecular weight is 347 g/mol. The van der Waals surface area contributed by atoms with Gasteiger partial charge in [0.1, 0.15) is 13.2 Å². The van der Waals surface area contributed by atoms with Crippen LogP contribution in [0.5, 0.6) is 0 Å². The van der Waals surface area contributed by atoms with Crippen molar-refractivity contribution < 1.29 is 37.3 Å². The van der Waals surface area contributed by atoms with E-state index in [0.717, 1.165) is 12.1 Å². The number of rotatable bonds is 5. The van der Waals surface area contributed by atoms with Crippen LogP contribution in [-0.4, -0.2) is 54.9 Å². The van der Waals surface area contributed by atoms with Gasteiger partial charge in [-0.25, -0.2) is 4.79 Å². The normalized spacial score (nSPS) is 18.5. The third kappa shape index (κ3) is 4.68. The van der Waals surface area contributed by atoms with Crippen LogP contribution < -0.4 is 0 Å². The van der Waals surface area contributed by atoms with Gasteiger partial charge in [-0.2, -0.15) is 13.2 Å². The van der Waals surface area contributed by atoms with Crippen LogP contribution >= 0.6 is 0 Å². The summed E-state index contributed by atoms with van der Waals surface area (Å²) in [5.41, 5.74) is -0.264. The van der Waals surface area contributed by atoms with Crippen LogP contribution in [0, 0.1) is 0 Å². The van der Waals surface area contributed by atoms with Gasteiger partial charge < -0.3 is 19.5 Å². The molecule has 0 bridgehead atoms. The topological polar surface area (TPSA) is 76.1 Å². The first-order chi connectivity index (χ1) is 11.3. The number of benzene rings is 1. The second-order valence-electron chi connectivity index (χ2n) is 5.18. The van der Waals surface area contributed by atoms with Gasteiger partial charge in [0.05, 0.1) is 24.8 Å². The fourth-order valence-electron chi connectivity index (χ4n) is 2.38. The molecule has 1 aliphatic heterocycles. The number of hydrogen-bond acceptors (Lipinski definition) is 4. The molecule has 1 amide bonds. The van der Waals surface area contributed by atoms with E-state index >= 15 is 0 Å². The highest BCUT2D eigenvalue weighted by atomic mass is 19.4. The number of carboxylic acid groups (broad SMARTS) is 1. The van der Waals surface area contributed by atoms with Crippen LogP contribution in [0.4, 0.5) is 13.2 Å². The Balaban J connectivity index is 2.08. The van der Waals surface area contributed by atoms with Crippen molar-refractivity contribution in [3.63, 3.8) is 0 Å². The standard InChI is InChI=1S/C15H16F3NO5/c16-15(17,18)11-3-1-10(2-4-11)12-7-23-6-5-19(12)13(20)8-24-9-14(21)22/h1-4,12H,5-9H2,(H,21,22). The lowest BCUT2D eigenvalue weighted by Gasteiger charge is -2.36. The summed E-state index contributed by atoms with van der Waals surface area (Å²) in [5, 5.41) is 8.50. The molecule has 24 heavy (non-hydrogen) atoms. The molecule has 9 heteroatoms. The molecule has 1 heterocycles. The Hall–Kier alpha value is -2.13. The number of ether oxygens (including phenoxy) is 2. The van der Waals surface area contributed by atoms with Crippen LogP contribution in [0.2, 0.25) is 0 Å². The molecule has 0 spiro atoms. The van der Waals surface area contributed by atoms with Crippen molar-refractivity contribution in [3.8, 4) is 0 Å². The number of morpholine rings is 1. The lowest BCUT2D eigenvalue weighted by Crippen LogP contribution is -2.45. The third-order valence-electron chi connectivity index (χ3n) is 3.52. The second-order valence-corrected chi connectivity index (χ2v) is 5.18. The Labute approximate surface area is 135 Å². The first kappa shape index (κ1) is 18.2. The van der Waals surface area contributed by atoms with Crippen molar-refractivity contribution in [2.45, 2.75) is 12.2 Å².